The average Bonchev–Trinajstić information content (AvgIpc) is 3.39. The monoisotopic (exact) mass is 402 g/mol. The first-order chi connectivity index (χ1) is 14.3. The molecule has 2 heterocycles. The maximum Gasteiger partial charge on any atom is 0.244 e. The first-order valence-electron chi connectivity index (χ1n) is 9.48. The molecule has 2 N–H and O–H groups in total. The highest BCUT2D eigenvalue weighted by Gasteiger charge is 2.08. The normalized spacial score (nSPS) is 11.2. The van der Waals surface area contributed by atoms with Gasteiger partial charge in [0.25, 0.3) is 0 Å². The van der Waals surface area contributed by atoms with Crippen LogP contribution < -0.4 is 10.1 Å². The molecular weight excluding hydrogens is 380 g/mol. The average molecular weight is 403 g/mol. The van der Waals surface area contributed by atoms with Crippen molar-refractivity contribution in [3.63, 3.8) is 0 Å². The van der Waals surface area contributed by atoms with E-state index in [4.69, 9.17) is 4.74 Å². The maximum atomic E-state index is 12.3. The summed E-state index contributed by atoms with van der Waals surface area (Å²) in [5.74, 6) is 0.690. The van der Waals surface area contributed by atoms with Crippen LogP contribution in [0.1, 0.15) is 11.1 Å². The Morgan fingerprint density at radius 2 is 2.00 bits per heavy atom. The lowest BCUT2D eigenvalue weighted by molar-refractivity contribution is -0.116. The van der Waals surface area contributed by atoms with E-state index in [-0.39, 0.29) is 5.91 Å². The summed E-state index contributed by atoms with van der Waals surface area (Å²) in [4.78, 5) is 16.7. The van der Waals surface area contributed by atoms with Crippen LogP contribution >= 0.6 is 11.3 Å². The van der Waals surface area contributed by atoms with E-state index in [1.165, 1.54) is 16.0 Å². The van der Waals surface area contributed by atoms with E-state index in [1.807, 2.05) is 48.7 Å². The summed E-state index contributed by atoms with van der Waals surface area (Å²) in [7, 11) is 1.65. The molecule has 0 atom stereocenters. The van der Waals surface area contributed by atoms with E-state index in [0.717, 1.165) is 28.6 Å². The third-order valence-corrected chi connectivity index (χ3v) is 5.83. The van der Waals surface area contributed by atoms with Crippen molar-refractivity contribution in [3.05, 3.63) is 83.4 Å². The number of aromatic amines is 1. The van der Waals surface area contributed by atoms with Gasteiger partial charge in [0, 0.05) is 34.6 Å². The summed E-state index contributed by atoms with van der Waals surface area (Å²) in [5.41, 5.74) is 4.37. The predicted octanol–water partition coefficient (Wildman–Crippen LogP) is 5.28. The molecule has 4 aromatic rings. The minimum Gasteiger partial charge on any atom is -0.495 e. The van der Waals surface area contributed by atoms with Gasteiger partial charge < -0.3 is 15.0 Å². The Balaban J connectivity index is 1.36. The molecule has 2 aromatic heterocycles. The van der Waals surface area contributed by atoms with Gasteiger partial charge in [0.15, 0.2) is 0 Å². The molecule has 5 heteroatoms. The SMILES string of the molecule is COc1cccc2c(/C=C/C(=O)NCCc3ccsc3-c3ccccc3)c[nH]c12. The van der Waals surface area contributed by atoms with Crippen LogP contribution in [0.4, 0.5) is 0 Å². The van der Waals surface area contributed by atoms with Crippen LogP contribution in [0.5, 0.6) is 5.75 Å². The van der Waals surface area contributed by atoms with Gasteiger partial charge in [0.2, 0.25) is 5.91 Å². The van der Waals surface area contributed by atoms with Crippen LogP contribution in [0.2, 0.25) is 0 Å². The number of fused-ring (bicyclic) bond motifs is 1. The number of nitrogens with one attached hydrogen (secondary N) is 2. The summed E-state index contributed by atoms with van der Waals surface area (Å²) in [6.45, 7) is 0.599. The van der Waals surface area contributed by atoms with Gasteiger partial charge in [0.05, 0.1) is 12.6 Å². The standard InChI is InChI=1S/C24H22N2O2S/c1-28-21-9-5-8-20-19(16-26-23(20)21)10-11-22(27)25-14-12-18-13-15-29-24(18)17-6-3-2-4-7-17/h2-11,13,15-16,26H,12,14H2,1H3,(H,25,27)/b11-10+. The first kappa shape index (κ1) is 19.0. The number of aromatic nitrogens is 1. The lowest BCUT2D eigenvalue weighted by Crippen LogP contribution is -2.23. The summed E-state index contributed by atoms with van der Waals surface area (Å²) in [5, 5.41) is 6.11. The number of amides is 1. The highest BCUT2D eigenvalue weighted by Crippen LogP contribution is 2.30. The highest BCUT2D eigenvalue weighted by molar-refractivity contribution is 7.13. The largest absolute Gasteiger partial charge is 0.495 e. The molecule has 146 valence electrons. The lowest BCUT2D eigenvalue weighted by atomic mass is 10.1. The molecule has 0 saturated heterocycles. The van der Waals surface area contributed by atoms with Gasteiger partial charge in [-0.3, -0.25) is 4.79 Å². The smallest absolute Gasteiger partial charge is 0.244 e. The Morgan fingerprint density at radius 1 is 1.14 bits per heavy atom. The quantitative estimate of drug-likeness (QED) is 0.413. The number of carbonyl (C=O) groups excluding carboxylic acids is 1. The van der Waals surface area contributed by atoms with Crippen molar-refractivity contribution < 1.29 is 9.53 Å². The van der Waals surface area contributed by atoms with Crippen LogP contribution in [-0.2, 0) is 11.2 Å². The molecule has 0 saturated carbocycles. The third-order valence-electron chi connectivity index (χ3n) is 4.82. The van der Waals surface area contributed by atoms with E-state index in [0.29, 0.717) is 6.54 Å². The molecular formula is C24H22N2O2S. The molecule has 0 bridgehead atoms. The molecule has 1 amide bonds. The number of para-hydroxylation sites is 1. The second-order valence-electron chi connectivity index (χ2n) is 6.64. The van der Waals surface area contributed by atoms with Crippen molar-refractivity contribution in [3.8, 4) is 16.2 Å². The Labute approximate surface area is 173 Å². The lowest BCUT2D eigenvalue weighted by Gasteiger charge is -2.05. The van der Waals surface area contributed by atoms with Gasteiger partial charge in [-0.05, 0) is 41.1 Å². The van der Waals surface area contributed by atoms with Crippen molar-refractivity contribution in [1.29, 1.82) is 0 Å². The van der Waals surface area contributed by atoms with Gasteiger partial charge >= 0.3 is 0 Å². The van der Waals surface area contributed by atoms with Gasteiger partial charge in [-0.25, -0.2) is 0 Å². The van der Waals surface area contributed by atoms with Crippen LogP contribution in [-0.4, -0.2) is 24.5 Å². The first-order valence-corrected chi connectivity index (χ1v) is 10.4. The fourth-order valence-corrected chi connectivity index (χ4v) is 4.34. The Hall–Kier alpha value is -3.31. The molecule has 0 radical (unpaired) electrons. The number of benzene rings is 2. The summed E-state index contributed by atoms with van der Waals surface area (Å²) < 4.78 is 5.36. The van der Waals surface area contributed by atoms with Crippen LogP contribution in [0.25, 0.3) is 27.4 Å². The van der Waals surface area contributed by atoms with Crippen LogP contribution in [0.15, 0.2) is 72.3 Å². The van der Waals surface area contributed by atoms with E-state index in [2.05, 4.69) is 33.9 Å². The Kier molecular flexibility index (Phi) is 5.77. The summed E-state index contributed by atoms with van der Waals surface area (Å²) in [6, 6.07) is 18.3. The van der Waals surface area contributed by atoms with E-state index < -0.39 is 0 Å². The van der Waals surface area contributed by atoms with Gasteiger partial charge in [0.1, 0.15) is 5.75 Å². The highest BCUT2D eigenvalue weighted by atomic mass is 32.1. The number of hydrogen-bond donors (Lipinski definition) is 2. The zero-order valence-electron chi connectivity index (χ0n) is 16.1. The summed E-state index contributed by atoms with van der Waals surface area (Å²) in [6.07, 6.45) is 6.09. The number of thiophene rings is 1. The Bertz CT molecular complexity index is 1140. The van der Waals surface area contributed by atoms with Crippen molar-refractivity contribution in [2.24, 2.45) is 0 Å². The van der Waals surface area contributed by atoms with Crippen LogP contribution in [0, 0.1) is 0 Å². The van der Waals surface area contributed by atoms with Gasteiger partial charge in [-0.2, -0.15) is 0 Å². The molecule has 0 aliphatic rings. The zero-order chi connectivity index (χ0) is 20.1. The maximum absolute atomic E-state index is 12.3. The number of rotatable bonds is 7. The second kappa shape index (κ2) is 8.80. The molecule has 29 heavy (non-hydrogen) atoms. The molecule has 0 aliphatic heterocycles. The van der Waals surface area contributed by atoms with Crippen molar-refractivity contribution in [1.82, 2.24) is 10.3 Å². The topological polar surface area (TPSA) is 54.1 Å². The third kappa shape index (κ3) is 4.25. The fraction of sp³-hybridized carbons (Fsp3) is 0.125. The Morgan fingerprint density at radius 3 is 2.83 bits per heavy atom. The number of carbonyl (C=O) groups is 1. The van der Waals surface area contributed by atoms with Crippen molar-refractivity contribution in [2.45, 2.75) is 6.42 Å². The van der Waals surface area contributed by atoms with E-state index in [9.17, 15) is 4.79 Å². The van der Waals surface area contributed by atoms with E-state index >= 15 is 0 Å². The predicted molar refractivity (Wildman–Crippen MR) is 120 cm³/mol. The molecule has 4 rings (SSSR count). The van der Waals surface area contributed by atoms with Gasteiger partial charge in [-0.1, -0.05) is 42.5 Å². The van der Waals surface area contributed by atoms with Gasteiger partial charge in [-0.15, -0.1) is 11.3 Å². The molecule has 0 aliphatic carbocycles. The van der Waals surface area contributed by atoms with Crippen LogP contribution in [0.3, 0.4) is 0 Å². The fourth-order valence-electron chi connectivity index (χ4n) is 3.38. The number of hydrogen-bond acceptors (Lipinski definition) is 3. The number of methoxy groups -OCH3 is 1. The number of ether oxygens (including phenoxy) is 1. The minimum absolute atomic E-state index is 0.0984. The van der Waals surface area contributed by atoms with E-state index in [1.54, 1.807) is 24.5 Å². The van der Waals surface area contributed by atoms with Crippen molar-refractivity contribution >= 4 is 34.2 Å². The molecule has 0 fully saturated rings. The second-order valence-corrected chi connectivity index (χ2v) is 7.56. The minimum atomic E-state index is -0.0984. The molecule has 4 nitrogen and oxygen atoms in total. The number of H-pyrrole nitrogens is 1. The zero-order valence-corrected chi connectivity index (χ0v) is 17.0. The molecule has 0 spiro atoms. The molecule has 0 unspecified atom stereocenters. The molecule has 2 aromatic carbocycles. The van der Waals surface area contributed by atoms with Crippen molar-refractivity contribution in [2.75, 3.05) is 13.7 Å². The summed E-state index contributed by atoms with van der Waals surface area (Å²) >= 11 is 1.73.